The maximum Gasteiger partial charge on any atom is 0.127 e. The first-order valence-electron chi connectivity index (χ1n) is 7.94. The largest absolute Gasteiger partial charge is 0.457 e. The van der Waals surface area contributed by atoms with Crippen molar-refractivity contribution < 1.29 is 4.74 Å². The van der Waals surface area contributed by atoms with Crippen LogP contribution in [0.4, 0.5) is 0 Å². The van der Waals surface area contributed by atoms with E-state index in [4.69, 9.17) is 16.3 Å². The van der Waals surface area contributed by atoms with Crippen LogP contribution in [0.15, 0.2) is 48.5 Å². The first kappa shape index (κ1) is 15.4. The molecule has 0 aromatic heterocycles. The van der Waals surface area contributed by atoms with Gasteiger partial charge in [0.2, 0.25) is 0 Å². The van der Waals surface area contributed by atoms with E-state index in [1.54, 1.807) is 0 Å². The van der Waals surface area contributed by atoms with Crippen LogP contribution in [0.3, 0.4) is 0 Å². The summed E-state index contributed by atoms with van der Waals surface area (Å²) in [6, 6.07) is 15.8. The predicted molar refractivity (Wildman–Crippen MR) is 91.6 cm³/mol. The lowest BCUT2D eigenvalue weighted by molar-refractivity contribution is 0.176. The molecule has 0 N–H and O–H groups in total. The number of likely N-dealkylation sites (tertiary alicyclic amines) is 1. The lowest BCUT2D eigenvalue weighted by Crippen LogP contribution is -2.33. The van der Waals surface area contributed by atoms with Crippen LogP contribution in [0, 0.1) is 5.92 Å². The normalized spacial score (nSPS) is 19.1. The molecule has 116 valence electrons. The van der Waals surface area contributed by atoms with Crippen molar-refractivity contribution >= 4 is 11.6 Å². The van der Waals surface area contributed by atoms with Crippen LogP contribution in [0.25, 0.3) is 0 Å². The molecule has 3 rings (SSSR count). The summed E-state index contributed by atoms with van der Waals surface area (Å²) in [6.07, 6.45) is 2.67. The Balaban J connectivity index is 1.65. The third kappa shape index (κ3) is 4.25. The second-order valence-electron chi connectivity index (χ2n) is 6.19. The molecule has 1 atom stereocenters. The van der Waals surface area contributed by atoms with Gasteiger partial charge in [0.05, 0.1) is 0 Å². The lowest BCUT2D eigenvalue weighted by atomic mass is 10.00. The number of hydrogen-bond acceptors (Lipinski definition) is 2. The molecule has 2 aromatic rings. The maximum absolute atomic E-state index is 5.91. The molecule has 1 aliphatic heterocycles. The van der Waals surface area contributed by atoms with Crippen LogP contribution in [-0.2, 0) is 6.54 Å². The number of rotatable bonds is 4. The summed E-state index contributed by atoms with van der Waals surface area (Å²) in [4.78, 5) is 2.54. The van der Waals surface area contributed by atoms with Crippen molar-refractivity contribution in [2.24, 2.45) is 5.92 Å². The summed E-state index contributed by atoms with van der Waals surface area (Å²) < 4.78 is 5.91. The van der Waals surface area contributed by atoms with E-state index in [0.717, 1.165) is 29.0 Å². The van der Waals surface area contributed by atoms with E-state index in [1.807, 2.05) is 30.3 Å². The van der Waals surface area contributed by atoms with Gasteiger partial charge in [-0.05, 0) is 67.3 Å². The second-order valence-corrected chi connectivity index (χ2v) is 6.62. The topological polar surface area (TPSA) is 12.5 Å². The molecule has 0 aliphatic carbocycles. The van der Waals surface area contributed by atoms with E-state index in [1.165, 1.54) is 31.5 Å². The van der Waals surface area contributed by atoms with E-state index in [-0.39, 0.29) is 0 Å². The molecule has 1 saturated heterocycles. The van der Waals surface area contributed by atoms with E-state index >= 15 is 0 Å². The molecule has 0 saturated carbocycles. The first-order valence-corrected chi connectivity index (χ1v) is 8.31. The van der Waals surface area contributed by atoms with E-state index in [2.05, 4.69) is 30.0 Å². The predicted octanol–water partition coefficient (Wildman–Crippen LogP) is 5.36. The molecule has 2 nitrogen and oxygen atoms in total. The Morgan fingerprint density at radius 3 is 2.73 bits per heavy atom. The fourth-order valence-electron chi connectivity index (χ4n) is 3.03. The molecular weight excluding hydrogens is 294 g/mol. The van der Waals surface area contributed by atoms with Gasteiger partial charge < -0.3 is 4.74 Å². The molecule has 22 heavy (non-hydrogen) atoms. The fraction of sp³-hybridized carbons (Fsp3) is 0.368. The molecule has 0 radical (unpaired) electrons. The third-order valence-corrected chi connectivity index (χ3v) is 4.35. The van der Waals surface area contributed by atoms with Gasteiger partial charge in [-0.2, -0.15) is 0 Å². The molecule has 0 bridgehead atoms. The highest BCUT2D eigenvalue weighted by molar-refractivity contribution is 6.30. The van der Waals surface area contributed by atoms with E-state index in [0.29, 0.717) is 0 Å². The Hall–Kier alpha value is -1.51. The van der Waals surface area contributed by atoms with Gasteiger partial charge in [-0.15, -0.1) is 0 Å². The van der Waals surface area contributed by atoms with E-state index < -0.39 is 0 Å². The number of ether oxygens (including phenoxy) is 1. The monoisotopic (exact) mass is 315 g/mol. The Labute approximate surface area is 137 Å². The zero-order chi connectivity index (χ0) is 15.4. The summed E-state index contributed by atoms with van der Waals surface area (Å²) in [5.41, 5.74) is 1.31. The minimum atomic E-state index is 0.723. The van der Waals surface area contributed by atoms with E-state index in [9.17, 15) is 0 Å². The van der Waals surface area contributed by atoms with Crippen LogP contribution < -0.4 is 4.74 Å². The van der Waals surface area contributed by atoms with Gasteiger partial charge >= 0.3 is 0 Å². The standard InChI is InChI=1S/C19H22ClNO/c1-15-4-3-11-21(13-15)14-16-5-2-6-19(12-16)22-18-9-7-17(20)8-10-18/h2,5-10,12,15H,3-4,11,13-14H2,1H3/t15-/m1/s1. The molecule has 1 aliphatic rings. The SMILES string of the molecule is C[C@@H]1CCCN(Cc2cccc(Oc3ccc(Cl)cc3)c2)C1. The zero-order valence-electron chi connectivity index (χ0n) is 13.0. The zero-order valence-corrected chi connectivity index (χ0v) is 13.7. The summed E-state index contributed by atoms with van der Waals surface area (Å²) in [5.74, 6) is 2.50. The Morgan fingerprint density at radius 1 is 1.14 bits per heavy atom. The minimum absolute atomic E-state index is 0.723. The Morgan fingerprint density at radius 2 is 1.95 bits per heavy atom. The third-order valence-electron chi connectivity index (χ3n) is 4.10. The summed E-state index contributed by atoms with van der Waals surface area (Å²) in [6.45, 7) is 5.74. The highest BCUT2D eigenvalue weighted by atomic mass is 35.5. The summed E-state index contributed by atoms with van der Waals surface area (Å²) >= 11 is 5.90. The van der Waals surface area contributed by atoms with Gasteiger partial charge in [0.15, 0.2) is 0 Å². The first-order chi connectivity index (χ1) is 10.7. The average molecular weight is 316 g/mol. The fourth-order valence-corrected chi connectivity index (χ4v) is 3.16. The number of halogens is 1. The highest BCUT2D eigenvalue weighted by Crippen LogP contribution is 2.25. The average Bonchev–Trinajstić information content (AvgIpc) is 2.50. The second kappa shape index (κ2) is 7.17. The van der Waals surface area contributed by atoms with Crippen LogP contribution in [0.5, 0.6) is 11.5 Å². The minimum Gasteiger partial charge on any atom is -0.457 e. The quantitative estimate of drug-likeness (QED) is 0.752. The van der Waals surface area contributed by atoms with Crippen LogP contribution in [-0.4, -0.2) is 18.0 Å². The molecule has 0 spiro atoms. The Bertz CT molecular complexity index is 611. The molecule has 2 aromatic carbocycles. The van der Waals surface area contributed by atoms with Gasteiger partial charge in [-0.1, -0.05) is 30.7 Å². The molecular formula is C19H22ClNO. The summed E-state index contributed by atoms with van der Waals surface area (Å²) in [5, 5.41) is 0.723. The van der Waals surface area contributed by atoms with Crippen LogP contribution in [0.1, 0.15) is 25.3 Å². The summed E-state index contributed by atoms with van der Waals surface area (Å²) in [7, 11) is 0. The number of nitrogens with zero attached hydrogens (tertiary/aromatic N) is 1. The Kier molecular flexibility index (Phi) is 5.01. The van der Waals surface area contributed by atoms with Crippen molar-refractivity contribution in [2.75, 3.05) is 13.1 Å². The molecule has 0 amide bonds. The number of benzene rings is 2. The smallest absolute Gasteiger partial charge is 0.127 e. The molecule has 1 fully saturated rings. The van der Waals surface area contributed by atoms with Gasteiger partial charge in [0.1, 0.15) is 11.5 Å². The van der Waals surface area contributed by atoms with Crippen LogP contribution >= 0.6 is 11.6 Å². The van der Waals surface area contributed by atoms with Crippen molar-refractivity contribution in [2.45, 2.75) is 26.3 Å². The molecule has 0 unspecified atom stereocenters. The van der Waals surface area contributed by atoms with Crippen molar-refractivity contribution in [1.29, 1.82) is 0 Å². The molecule has 3 heteroatoms. The maximum atomic E-state index is 5.91. The molecule has 1 heterocycles. The number of hydrogen-bond donors (Lipinski definition) is 0. The van der Waals surface area contributed by atoms with Gasteiger partial charge in [-0.25, -0.2) is 0 Å². The van der Waals surface area contributed by atoms with Crippen molar-refractivity contribution in [3.05, 3.63) is 59.1 Å². The van der Waals surface area contributed by atoms with Crippen LogP contribution in [0.2, 0.25) is 5.02 Å². The number of piperidine rings is 1. The van der Waals surface area contributed by atoms with Gasteiger partial charge in [0, 0.05) is 18.1 Å². The van der Waals surface area contributed by atoms with Gasteiger partial charge in [-0.3, -0.25) is 4.90 Å². The van der Waals surface area contributed by atoms with Crippen molar-refractivity contribution in [3.8, 4) is 11.5 Å². The lowest BCUT2D eigenvalue weighted by Gasteiger charge is -2.30. The van der Waals surface area contributed by atoms with Crippen molar-refractivity contribution in [1.82, 2.24) is 4.90 Å². The van der Waals surface area contributed by atoms with Gasteiger partial charge in [0.25, 0.3) is 0 Å². The highest BCUT2D eigenvalue weighted by Gasteiger charge is 2.16. The van der Waals surface area contributed by atoms with Crippen molar-refractivity contribution in [3.63, 3.8) is 0 Å².